The van der Waals surface area contributed by atoms with Crippen LogP contribution in [0.4, 0.5) is 0 Å². The van der Waals surface area contributed by atoms with Crippen LogP contribution in [0.2, 0.25) is 0 Å². The van der Waals surface area contributed by atoms with Crippen LogP contribution in [0.1, 0.15) is 6.92 Å². The molecule has 0 amide bonds. The molecule has 0 rings (SSSR count). The Bertz CT molecular complexity index is 162. The smallest absolute Gasteiger partial charge is 0.317 e. The van der Waals surface area contributed by atoms with Crippen LogP contribution in [-0.2, 0) is 4.79 Å². The zero-order valence-electron chi connectivity index (χ0n) is 6.03. The average Bonchev–Trinajstić information content (AvgIpc) is 1.85. The normalized spacial score (nSPS) is 12.6. The molecule has 0 aromatic carbocycles. The van der Waals surface area contributed by atoms with E-state index in [2.05, 4.69) is 0 Å². The lowest BCUT2D eigenvalue weighted by Gasteiger charge is -2.15. The molecule has 0 radical (unpaired) electrons. The van der Waals surface area contributed by atoms with Gasteiger partial charge in [-0.2, -0.15) is 5.26 Å². The fourth-order valence-electron chi connectivity index (χ4n) is 0.449. The molecule has 0 aliphatic carbocycles. The van der Waals surface area contributed by atoms with Crippen molar-refractivity contribution in [2.45, 2.75) is 13.0 Å². The van der Waals surface area contributed by atoms with Crippen molar-refractivity contribution < 1.29 is 9.90 Å². The van der Waals surface area contributed by atoms with Gasteiger partial charge in [-0.15, -0.1) is 0 Å². The van der Waals surface area contributed by atoms with Crippen LogP contribution in [0.3, 0.4) is 0 Å². The highest BCUT2D eigenvalue weighted by Gasteiger charge is 2.09. The van der Waals surface area contributed by atoms with Gasteiger partial charge in [0.25, 0.3) is 0 Å². The number of carbonyl (C=O) groups is 1. The number of aliphatic carboxylic acids is 1. The van der Waals surface area contributed by atoms with Crippen LogP contribution in [-0.4, -0.2) is 35.6 Å². The van der Waals surface area contributed by atoms with E-state index in [1.54, 1.807) is 14.0 Å². The van der Waals surface area contributed by atoms with Gasteiger partial charge in [-0.1, -0.05) is 0 Å². The van der Waals surface area contributed by atoms with Gasteiger partial charge in [0.1, 0.15) is 0 Å². The van der Waals surface area contributed by atoms with Gasteiger partial charge in [-0.3, -0.25) is 9.69 Å². The van der Waals surface area contributed by atoms with E-state index in [0.717, 1.165) is 0 Å². The molecule has 0 fully saturated rings. The summed E-state index contributed by atoms with van der Waals surface area (Å²) in [6, 6.07) is 1.60. The first kappa shape index (κ1) is 8.92. The summed E-state index contributed by atoms with van der Waals surface area (Å²) < 4.78 is 0. The van der Waals surface area contributed by atoms with Crippen molar-refractivity contribution in [3.05, 3.63) is 0 Å². The molecule has 0 aliphatic heterocycles. The van der Waals surface area contributed by atoms with Crippen molar-refractivity contribution in [1.29, 1.82) is 5.26 Å². The van der Waals surface area contributed by atoms with E-state index in [4.69, 9.17) is 10.4 Å². The standard InChI is InChI=1S/C6H10N2O2/c1-5(3-7)8(2)4-6(9)10/h5H,4H2,1-2H3,(H,9,10). The summed E-state index contributed by atoms with van der Waals surface area (Å²) in [6.07, 6.45) is 0. The predicted octanol–water partition coefficient (Wildman–Crippen LogP) is -0.0851. The topological polar surface area (TPSA) is 64.3 Å². The van der Waals surface area contributed by atoms with Crippen molar-refractivity contribution in [1.82, 2.24) is 4.90 Å². The minimum atomic E-state index is -0.912. The summed E-state index contributed by atoms with van der Waals surface area (Å²) in [6.45, 7) is 1.57. The van der Waals surface area contributed by atoms with E-state index in [1.807, 2.05) is 6.07 Å². The minimum Gasteiger partial charge on any atom is -0.480 e. The molecule has 56 valence electrons. The number of likely N-dealkylation sites (N-methyl/N-ethyl adjacent to an activating group) is 1. The molecule has 0 heterocycles. The zero-order valence-corrected chi connectivity index (χ0v) is 6.03. The van der Waals surface area contributed by atoms with Crippen molar-refractivity contribution in [2.24, 2.45) is 0 Å². The first-order valence-electron chi connectivity index (χ1n) is 2.89. The van der Waals surface area contributed by atoms with Gasteiger partial charge in [-0.25, -0.2) is 0 Å². The number of carboxylic acids is 1. The quantitative estimate of drug-likeness (QED) is 0.598. The lowest BCUT2D eigenvalue weighted by Crippen LogP contribution is -2.32. The Morgan fingerprint density at radius 2 is 2.40 bits per heavy atom. The maximum absolute atomic E-state index is 10.1. The summed E-state index contributed by atoms with van der Waals surface area (Å²) in [4.78, 5) is 11.5. The first-order chi connectivity index (χ1) is 4.57. The first-order valence-corrected chi connectivity index (χ1v) is 2.89. The van der Waals surface area contributed by atoms with Gasteiger partial charge in [0.15, 0.2) is 0 Å². The highest BCUT2D eigenvalue weighted by Crippen LogP contribution is 1.91. The van der Waals surface area contributed by atoms with E-state index in [9.17, 15) is 4.79 Å². The summed E-state index contributed by atoms with van der Waals surface area (Å²) in [5, 5.41) is 16.6. The second kappa shape index (κ2) is 3.85. The molecular formula is C6H10N2O2. The lowest BCUT2D eigenvalue weighted by atomic mass is 10.3. The van der Waals surface area contributed by atoms with E-state index < -0.39 is 5.97 Å². The molecule has 0 aromatic heterocycles. The number of nitrogens with zero attached hydrogens (tertiary/aromatic N) is 2. The predicted molar refractivity (Wildman–Crippen MR) is 35.3 cm³/mol. The molecular weight excluding hydrogens is 132 g/mol. The van der Waals surface area contributed by atoms with Crippen molar-refractivity contribution in [2.75, 3.05) is 13.6 Å². The van der Waals surface area contributed by atoms with E-state index in [1.165, 1.54) is 4.90 Å². The summed E-state index contributed by atoms with van der Waals surface area (Å²) in [5.74, 6) is -0.912. The molecule has 0 saturated heterocycles. The second-order valence-corrected chi connectivity index (χ2v) is 2.11. The summed E-state index contributed by atoms with van der Waals surface area (Å²) >= 11 is 0. The highest BCUT2D eigenvalue weighted by molar-refractivity contribution is 5.69. The third kappa shape index (κ3) is 3.05. The van der Waals surface area contributed by atoms with Gasteiger partial charge in [-0.05, 0) is 14.0 Å². The van der Waals surface area contributed by atoms with Crippen LogP contribution in [0.5, 0.6) is 0 Å². The zero-order chi connectivity index (χ0) is 8.15. The molecule has 4 heteroatoms. The molecule has 0 bridgehead atoms. The van der Waals surface area contributed by atoms with Gasteiger partial charge < -0.3 is 5.11 Å². The molecule has 0 aliphatic rings. The van der Waals surface area contributed by atoms with Crippen LogP contribution in [0, 0.1) is 11.3 Å². The maximum Gasteiger partial charge on any atom is 0.317 e. The largest absolute Gasteiger partial charge is 0.480 e. The highest BCUT2D eigenvalue weighted by atomic mass is 16.4. The molecule has 1 unspecified atom stereocenters. The van der Waals surface area contributed by atoms with Crippen molar-refractivity contribution >= 4 is 5.97 Å². The minimum absolute atomic E-state index is 0.0886. The van der Waals surface area contributed by atoms with Crippen LogP contribution < -0.4 is 0 Å². The molecule has 1 N–H and O–H groups in total. The maximum atomic E-state index is 10.1. The number of rotatable bonds is 3. The fourth-order valence-corrected chi connectivity index (χ4v) is 0.449. The monoisotopic (exact) mass is 142 g/mol. The Labute approximate surface area is 59.7 Å². The summed E-state index contributed by atoms with van der Waals surface area (Å²) in [7, 11) is 1.60. The lowest BCUT2D eigenvalue weighted by molar-refractivity contribution is -0.138. The van der Waals surface area contributed by atoms with Crippen LogP contribution in [0.15, 0.2) is 0 Å². The Kier molecular flexibility index (Phi) is 3.44. The van der Waals surface area contributed by atoms with E-state index >= 15 is 0 Å². The van der Waals surface area contributed by atoms with Gasteiger partial charge in [0.2, 0.25) is 0 Å². The van der Waals surface area contributed by atoms with Crippen molar-refractivity contribution in [3.63, 3.8) is 0 Å². The van der Waals surface area contributed by atoms with E-state index in [-0.39, 0.29) is 12.6 Å². The van der Waals surface area contributed by atoms with Gasteiger partial charge >= 0.3 is 5.97 Å². The van der Waals surface area contributed by atoms with Gasteiger partial charge in [0.05, 0.1) is 18.7 Å². The number of carboxylic acid groups (broad SMARTS) is 1. The third-order valence-corrected chi connectivity index (χ3v) is 1.23. The molecule has 0 spiro atoms. The molecule has 0 aromatic rings. The van der Waals surface area contributed by atoms with Crippen molar-refractivity contribution in [3.8, 4) is 6.07 Å². The second-order valence-electron chi connectivity index (χ2n) is 2.11. The fraction of sp³-hybridized carbons (Fsp3) is 0.667. The van der Waals surface area contributed by atoms with Crippen LogP contribution >= 0.6 is 0 Å². The molecule has 0 saturated carbocycles. The van der Waals surface area contributed by atoms with Gasteiger partial charge in [0, 0.05) is 0 Å². The Hall–Kier alpha value is -1.08. The number of hydrogen-bond acceptors (Lipinski definition) is 3. The molecule has 10 heavy (non-hydrogen) atoms. The number of nitriles is 1. The SMILES string of the molecule is CC(C#N)N(C)CC(=O)O. The Morgan fingerprint density at radius 3 is 2.70 bits per heavy atom. The number of hydrogen-bond donors (Lipinski definition) is 1. The van der Waals surface area contributed by atoms with Crippen LogP contribution in [0.25, 0.3) is 0 Å². The summed E-state index contributed by atoms with van der Waals surface area (Å²) in [5.41, 5.74) is 0. The Balaban J connectivity index is 3.75. The van der Waals surface area contributed by atoms with E-state index in [0.29, 0.717) is 0 Å². The Morgan fingerprint density at radius 1 is 1.90 bits per heavy atom. The third-order valence-electron chi connectivity index (χ3n) is 1.23. The molecule has 1 atom stereocenters. The molecule has 4 nitrogen and oxygen atoms in total. The average molecular weight is 142 g/mol.